The van der Waals surface area contributed by atoms with Gasteiger partial charge in [-0.2, -0.15) is 5.26 Å². The van der Waals surface area contributed by atoms with Crippen LogP contribution in [-0.2, 0) is 0 Å². The minimum absolute atomic E-state index is 0.209. The zero-order chi connectivity index (χ0) is 11.4. The van der Waals surface area contributed by atoms with Gasteiger partial charge in [0.25, 0.3) is 0 Å². The minimum atomic E-state index is -0.744. The number of benzene rings is 1. The van der Waals surface area contributed by atoms with Gasteiger partial charge in [-0.25, -0.2) is 0 Å². The van der Waals surface area contributed by atoms with Crippen molar-refractivity contribution in [3.63, 3.8) is 0 Å². The summed E-state index contributed by atoms with van der Waals surface area (Å²) in [5.41, 5.74) is 0.500. The van der Waals surface area contributed by atoms with Gasteiger partial charge in [-0.1, -0.05) is 11.6 Å². The first kappa shape index (κ1) is 11.7. The number of hydrogen-bond donors (Lipinski definition) is 0. The predicted octanol–water partition coefficient (Wildman–Crippen LogP) is 1.98. The molecule has 0 bridgehead atoms. The number of nitriles is 1. The summed E-state index contributed by atoms with van der Waals surface area (Å²) in [5, 5.41) is 9.42. The molecule has 15 heavy (non-hydrogen) atoms. The lowest BCUT2D eigenvalue weighted by molar-refractivity contribution is 0.0917. The number of Topliss-reactive ketones (excluding diaryl/α,β-unsaturated/α-hetero) is 1. The Bertz CT molecular complexity index is 392. The van der Waals surface area contributed by atoms with E-state index in [0.29, 0.717) is 10.6 Å². The van der Waals surface area contributed by atoms with Crippen LogP contribution in [0.25, 0.3) is 0 Å². The van der Waals surface area contributed by atoms with Gasteiger partial charge in [0.1, 0.15) is 0 Å². The number of carbonyl (C=O) groups excluding carboxylic acids is 1. The molecule has 0 aromatic heterocycles. The van der Waals surface area contributed by atoms with Crippen LogP contribution < -0.4 is 0 Å². The minimum Gasteiger partial charge on any atom is -0.291 e. The topological polar surface area (TPSA) is 44.1 Å². The van der Waals surface area contributed by atoms with Crippen molar-refractivity contribution >= 4 is 17.4 Å². The normalized spacial score (nSPS) is 12.2. The van der Waals surface area contributed by atoms with Gasteiger partial charge in [-0.05, 0) is 38.4 Å². The molecule has 3 nitrogen and oxygen atoms in total. The van der Waals surface area contributed by atoms with Crippen molar-refractivity contribution in [1.82, 2.24) is 4.90 Å². The number of ketones is 1. The molecule has 1 atom stereocenters. The van der Waals surface area contributed by atoms with Crippen LogP contribution in [0.2, 0.25) is 5.02 Å². The molecule has 0 heterocycles. The highest BCUT2D eigenvalue weighted by Crippen LogP contribution is 2.12. The smallest absolute Gasteiger partial charge is 0.194 e. The molecule has 78 valence electrons. The van der Waals surface area contributed by atoms with E-state index in [9.17, 15) is 4.79 Å². The van der Waals surface area contributed by atoms with Crippen LogP contribution in [0.1, 0.15) is 10.4 Å². The number of nitrogens with zero attached hydrogens (tertiary/aromatic N) is 2. The van der Waals surface area contributed by atoms with Crippen LogP contribution in [0.3, 0.4) is 0 Å². The Hall–Kier alpha value is -1.37. The van der Waals surface area contributed by atoms with Gasteiger partial charge in [0, 0.05) is 10.6 Å². The summed E-state index contributed by atoms with van der Waals surface area (Å²) in [5.74, 6) is -0.209. The van der Waals surface area contributed by atoms with E-state index in [0.717, 1.165) is 0 Å². The fraction of sp³-hybridized carbons (Fsp3) is 0.273. The Morgan fingerprint density at radius 3 is 2.33 bits per heavy atom. The van der Waals surface area contributed by atoms with Gasteiger partial charge in [-0.15, -0.1) is 0 Å². The Balaban J connectivity index is 2.94. The molecule has 0 amide bonds. The number of rotatable bonds is 3. The van der Waals surface area contributed by atoms with Crippen molar-refractivity contribution in [1.29, 1.82) is 5.26 Å². The van der Waals surface area contributed by atoms with E-state index < -0.39 is 6.04 Å². The maximum Gasteiger partial charge on any atom is 0.194 e. The monoisotopic (exact) mass is 222 g/mol. The van der Waals surface area contributed by atoms with Crippen LogP contribution in [-0.4, -0.2) is 30.8 Å². The van der Waals surface area contributed by atoms with Gasteiger partial charge < -0.3 is 0 Å². The first-order valence-electron chi connectivity index (χ1n) is 4.42. The number of likely N-dealkylation sites (N-methyl/N-ethyl adjacent to an activating group) is 1. The Morgan fingerprint density at radius 1 is 1.40 bits per heavy atom. The fourth-order valence-corrected chi connectivity index (χ4v) is 1.31. The van der Waals surface area contributed by atoms with Crippen molar-refractivity contribution in [2.45, 2.75) is 6.04 Å². The predicted molar refractivity (Wildman–Crippen MR) is 58.9 cm³/mol. The van der Waals surface area contributed by atoms with Gasteiger partial charge in [0.15, 0.2) is 11.8 Å². The summed E-state index contributed by atoms with van der Waals surface area (Å²) in [7, 11) is 3.39. The largest absolute Gasteiger partial charge is 0.291 e. The molecule has 0 saturated carbocycles. The van der Waals surface area contributed by atoms with E-state index in [4.69, 9.17) is 16.9 Å². The highest BCUT2D eigenvalue weighted by atomic mass is 35.5. The zero-order valence-corrected chi connectivity index (χ0v) is 9.32. The van der Waals surface area contributed by atoms with E-state index in [2.05, 4.69) is 0 Å². The summed E-state index contributed by atoms with van der Waals surface area (Å²) in [6.07, 6.45) is 0. The van der Waals surface area contributed by atoms with Crippen molar-refractivity contribution < 1.29 is 4.79 Å². The third kappa shape index (κ3) is 2.79. The number of carbonyl (C=O) groups is 1. The average molecular weight is 223 g/mol. The van der Waals surface area contributed by atoms with E-state index in [1.165, 1.54) is 0 Å². The summed E-state index contributed by atoms with van der Waals surface area (Å²) in [6, 6.07) is 7.74. The molecule has 0 aliphatic heterocycles. The quantitative estimate of drug-likeness (QED) is 0.735. The average Bonchev–Trinajstić information content (AvgIpc) is 2.19. The second-order valence-corrected chi connectivity index (χ2v) is 3.80. The number of hydrogen-bond acceptors (Lipinski definition) is 3. The second-order valence-electron chi connectivity index (χ2n) is 3.37. The van der Waals surface area contributed by atoms with Crippen LogP contribution in [0.15, 0.2) is 24.3 Å². The Morgan fingerprint density at radius 2 is 1.93 bits per heavy atom. The van der Waals surface area contributed by atoms with Crippen molar-refractivity contribution in [3.8, 4) is 6.07 Å². The molecule has 0 aliphatic carbocycles. The van der Waals surface area contributed by atoms with Crippen LogP contribution in [0.5, 0.6) is 0 Å². The van der Waals surface area contributed by atoms with Gasteiger partial charge in [0.2, 0.25) is 0 Å². The zero-order valence-electron chi connectivity index (χ0n) is 8.57. The highest BCUT2D eigenvalue weighted by Gasteiger charge is 2.21. The molecule has 0 spiro atoms. The standard InChI is InChI=1S/C11H11ClN2O/c1-14(2)10(7-13)11(15)8-3-5-9(12)6-4-8/h3-6,10H,1-2H3/t10-/m0/s1. The third-order valence-electron chi connectivity index (χ3n) is 2.02. The lowest BCUT2D eigenvalue weighted by atomic mass is 10.0. The van der Waals surface area contributed by atoms with Crippen molar-refractivity contribution in [2.75, 3.05) is 14.1 Å². The maximum atomic E-state index is 11.8. The SMILES string of the molecule is CN(C)[C@@H](C#N)C(=O)c1ccc(Cl)cc1. The lowest BCUT2D eigenvalue weighted by Gasteiger charge is -2.15. The summed E-state index contributed by atoms with van der Waals surface area (Å²) < 4.78 is 0. The summed E-state index contributed by atoms with van der Waals surface area (Å²) in [4.78, 5) is 13.4. The molecule has 0 unspecified atom stereocenters. The van der Waals surface area contributed by atoms with Gasteiger partial charge >= 0.3 is 0 Å². The molecule has 4 heteroatoms. The van der Waals surface area contributed by atoms with Gasteiger partial charge in [0.05, 0.1) is 6.07 Å². The Kier molecular flexibility index (Phi) is 3.84. The molecule has 0 aliphatic rings. The molecule has 0 N–H and O–H groups in total. The van der Waals surface area contributed by atoms with E-state index in [-0.39, 0.29) is 5.78 Å². The van der Waals surface area contributed by atoms with Gasteiger partial charge in [-0.3, -0.25) is 9.69 Å². The fourth-order valence-electron chi connectivity index (χ4n) is 1.18. The van der Waals surface area contributed by atoms with Crippen LogP contribution in [0, 0.1) is 11.3 Å². The lowest BCUT2D eigenvalue weighted by Crippen LogP contribution is -2.34. The highest BCUT2D eigenvalue weighted by molar-refractivity contribution is 6.30. The van der Waals surface area contributed by atoms with Crippen molar-refractivity contribution in [3.05, 3.63) is 34.9 Å². The van der Waals surface area contributed by atoms with Crippen molar-refractivity contribution in [2.24, 2.45) is 0 Å². The third-order valence-corrected chi connectivity index (χ3v) is 2.27. The molecule has 0 fully saturated rings. The van der Waals surface area contributed by atoms with E-state index in [1.807, 2.05) is 6.07 Å². The summed E-state index contributed by atoms with van der Waals surface area (Å²) in [6.45, 7) is 0. The first-order valence-corrected chi connectivity index (χ1v) is 4.80. The van der Waals surface area contributed by atoms with E-state index >= 15 is 0 Å². The molecule has 0 radical (unpaired) electrons. The number of halogens is 1. The second kappa shape index (κ2) is 4.92. The maximum absolute atomic E-state index is 11.8. The first-order chi connectivity index (χ1) is 7.06. The van der Waals surface area contributed by atoms with Crippen LogP contribution in [0.4, 0.5) is 0 Å². The Labute approximate surface area is 93.9 Å². The summed E-state index contributed by atoms with van der Waals surface area (Å²) >= 11 is 5.71. The van der Waals surface area contributed by atoms with E-state index in [1.54, 1.807) is 43.3 Å². The van der Waals surface area contributed by atoms with Crippen LogP contribution >= 0.6 is 11.6 Å². The molecule has 1 aromatic carbocycles. The molecule has 1 aromatic rings. The molecule has 1 rings (SSSR count). The molecular formula is C11H11ClN2O. The molecular weight excluding hydrogens is 212 g/mol. The molecule has 0 saturated heterocycles.